The van der Waals surface area contributed by atoms with E-state index in [1.54, 1.807) is 13.8 Å². The number of halogens is 1. The molecule has 26 heavy (non-hydrogen) atoms. The highest BCUT2D eigenvalue weighted by Crippen LogP contribution is 2.35. The lowest BCUT2D eigenvalue weighted by molar-refractivity contribution is -0.120. The van der Waals surface area contributed by atoms with Gasteiger partial charge < -0.3 is 14.4 Å². The SMILES string of the molecule is CCOC(C)Oc1cc(N2C(=O)C3CCCCN3C2=O)c(F)cc1C#N. The summed E-state index contributed by atoms with van der Waals surface area (Å²) in [4.78, 5) is 27.6. The van der Waals surface area contributed by atoms with Gasteiger partial charge in [-0.25, -0.2) is 14.1 Å². The molecule has 2 aliphatic rings. The summed E-state index contributed by atoms with van der Waals surface area (Å²) in [6.45, 7) is 4.31. The van der Waals surface area contributed by atoms with Crippen molar-refractivity contribution < 1.29 is 23.5 Å². The first kappa shape index (κ1) is 18.1. The van der Waals surface area contributed by atoms with Gasteiger partial charge in [0.2, 0.25) is 0 Å². The molecule has 2 atom stereocenters. The Kier molecular flexibility index (Phi) is 5.09. The minimum Gasteiger partial charge on any atom is -0.464 e. The minimum atomic E-state index is -0.820. The van der Waals surface area contributed by atoms with Crippen LogP contribution >= 0.6 is 0 Å². The van der Waals surface area contributed by atoms with Crippen LogP contribution in [-0.2, 0) is 9.53 Å². The lowest BCUT2D eigenvalue weighted by Gasteiger charge is -2.26. The number of fused-ring (bicyclic) bond motifs is 1. The van der Waals surface area contributed by atoms with E-state index >= 15 is 0 Å². The third-order valence-electron chi connectivity index (χ3n) is 4.55. The highest BCUT2D eigenvalue weighted by molar-refractivity contribution is 6.21. The second kappa shape index (κ2) is 7.30. The number of carbonyl (C=O) groups is 2. The Bertz CT molecular complexity index is 752. The van der Waals surface area contributed by atoms with Crippen LogP contribution in [0.15, 0.2) is 12.1 Å². The second-order valence-electron chi connectivity index (χ2n) is 6.21. The van der Waals surface area contributed by atoms with Gasteiger partial charge in [-0.2, -0.15) is 5.26 Å². The molecule has 2 saturated heterocycles. The summed E-state index contributed by atoms with van der Waals surface area (Å²) >= 11 is 0. The zero-order valence-corrected chi connectivity index (χ0v) is 14.7. The molecule has 2 heterocycles. The predicted molar refractivity (Wildman–Crippen MR) is 90.1 cm³/mol. The molecule has 138 valence electrons. The molecule has 0 spiro atoms. The highest BCUT2D eigenvalue weighted by Gasteiger charge is 2.47. The van der Waals surface area contributed by atoms with Crippen molar-refractivity contribution in [3.63, 3.8) is 0 Å². The van der Waals surface area contributed by atoms with Crippen LogP contribution in [0.4, 0.5) is 14.9 Å². The lowest BCUT2D eigenvalue weighted by atomic mass is 10.0. The summed E-state index contributed by atoms with van der Waals surface area (Å²) < 4.78 is 25.4. The molecular weight excluding hydrogens is 341 g/mol. The van der Waals surface area contributed by atoms with Crippen molar-refractivity contribution in [1.82, 2.24) is 4.90 Å². The zero-order chi connectivity index (χ0) is 18.8. The molecule has 1 aromatic rings. The van der Waals surface area contributed by atoms with E-state index in [9.17, 15) is 19.2 Å². The first-order valence-corrected chi connectivity index (χ1v) is 8.64. The number of amides is 3. The molecule has 1 aromatic carbocycles. The number of anilines is 1. The predicted octanol–water partition coefficient (Wildman–Crippen LogP) is 2.78. The molecule has 2 unspecified atom stereocenters. The molecule has 3 amide bonds. The van der Waals surface area contributed by atoms with E-state index in [1.807, 2.05) is 6.07 Å². The van der Waals surface area contributed by atoms with Crippen molar-refractivity contribution in [3.8, 4) is 11.8 Å². The lowest BCUT2D eigenvalue weighted by Crippen LogP contribution is -2.39. The number of urea groups is 1. The molecule has 0 aromatic heterocycles. The number of benzene rings is 1. The second-order valence-corrected chi connectivity index (χ2v) is 6.21. The fourth-order valence-corrected chi connectivity index (χ4v) is 3.36. The summed E-state index contributed by atoms with van der Waals surface area (Å²) in [5.74, 6) is -1.20. The van der Waals surface area contributed by atoms with Gasteiger partial charge in [0.25, 0.3) is 5.91 Å². The number of imide groups is 1. The number of nitrogens with zero attached hydrogens (tertiary/aromatic N) is 3. The Morgan fingerprint density at radius 2 is 2.15 bits per heavy atom. The molecule has 8 heteroatoms. The van der Waals surface area contributed by atoms with Crippen LogP contribution in [0, 0.1) is 17.1 Å². The van der Waals surface area contributed by atoms with Crippen LogP contribution in [0.1, 0.15) is 38.7 Å². The van der Waals surface area contributed by atoms with Gasteiger partial charge in [-0.15, -0.1) is 0 Å². The molecule has 0 bridgehead atoms. The smallest absolute Gasteiger partial charge is 0.332 e. The Balaban J connectivity index is 1.98. The third kappa shape index (κ3) is 3.10. The number of rotatable bonds is 5. The largest absolute Gasteiger partial charge is 0.464 e. The maximum atomic E-state index is 14.6. The van der Waals surface area contributed by atoms with E-state index in [0.717, 1.165) is 23.8 Å². The summed E-state index contributed by atoms with van der Waals surface area (Å²) in [5, 5.41) is 9.22. The van der Waals surface area contributed by atoms with Gasteiger partial charge in [-0.05, 0) is 39.2 Å². The van der Waals surface area contributed by atoms with Gasteiger partial charge in [-0.1, -0.05) is 0 Å². The van der Waals surface area contributed by atoms with E-state index in [1.165, 1.54) is 11.0 Å². The van der Waals surface area contributed by atoms with Crippen molar-refractivity contribution in [2.75, 3.05) is 18.1 Å². The van der Waals surface area contributed by atoms with Crippen LogP contribution in [0.5, 0.6) is 5.75 Å². The van der Waals surface area contributed by atoms with Crippen molar-refractivity contribution >= 4 is 17.6 Å². The number of carbonyl (C=O) groups excluding carboxylic acids is 2. The normalized spacial score (nSPS) is 20.8. The maximum Gasteiger partial charge on any atom is 0.332 e. The van der Waals surface area contributed by atoms with Crippen molar-refractivity contribution in [3.05, 3.63) is 23.5 Å². The van der Waals surface area contributed by atoms with E-state index in [4.69, 9.17) is 9.47 Å². The number of piperidine rings is 1. The zero-order valence-electron chi connectivity index (χ0n) is 14.7. The highest BCUT2D eigenvalue weighted by atomic mass is 19.1. The fourth-order valence-electron chi connectivity index (χ4n) is 3.36. The summed E-state index contributed by atoms with van der Waals surface area (Å²) in [6, 6.07) is 2.97. The van der Waals surface area contributed by atoms with E-state index in [2.05, 4.69) is 0 Å². The number of hydrogen-bond acceptors (Lipinski definition) is 5. The Morgan fingerprint density at radius 3 is 2.81 bits per heavy atom. The van der Waals surface area contributed by atoms with E-state index in [-0.39, 0.29) is 17.0 Å². The van der Waals surface area contributed by atoms with Gasteiger partial charge >= 0.3 is 6.03 Å². The minimum absolute atomic E-state index is 0.0328. The van der Waals surface area contributed by atoms with Crippen LogP contribution in [0.25, 0.3) is 0 Å². The van der Waals surface area contributed by atoms with Gasteiger partial charge in [0.15, 0.2) is 6.29 Å². The van der Waals surface area contributed by atoms with Crippen molar-refractivity contribution in [1.29, 1.82) is 5.26 Å². The molecule has 2 fully saturated rings. The van der Waals surface area contributed by atoms with E-state index in [0.29, 0.717) is 19.6 Å². The molecule has 2 aliphatic heterocycles. The standard InChI is InChI=1S/C18H20FN3O4/c1-3-25-11(2)26-16-9-15(13(19)8-12(16)10-20)22-17(23)14-6-4-5-7-21(14)18(22)24/h8-9,11,14H,3-7H2,1-2H3. The maximum absolute atomic E-state index is 14.6. The quantitative estimate of drug-likeness (QED) is 0.595. The van der Waals surface area contributed by atoms with Gasteiger partial charge in [0, 0.05) is 19.2 Å². The average molecular weight is 361 g/mol. The van der Waals surface area contributed by atoms with Crippen LogP contribution < -0.4 is 9.64 Å². The fraction of sp³-hybridized carbons (Fsp3) is 0.500. The third-order valence-corrected chi connectivity index (χ3v) is 4.55. The monoisotopic (exact) mass is 361 g/mol. The summed E-state index contributed by atoms with van der Waals surface area (Å²) in [7, 11) is 0. The van der Waals surface area contributed by atoms with Crippen LogP contribution in [0.2, 0.25) is 0 Å². The average Bonchev–Trinajstić information content (AvgIpc) is 2.88. The number of ether oxygens (including phenoxy) is 2. The van der Waals surface area contributed by atoms with Crippen LogP contribution in [0.3, 0.4) is 0 Å². The molecule has 7 nitrogen and oxygen atoms in total. The van der Waals surface area contributed by atoms with Gasteiger partial charge in [0.1, 0.15) is 23.7 Å². The van der Waals surface area contributed by atoms with Gasteiger partial charge in [-0.3, -0.25) is 4.79 Å². The Morgan fingerprint density at radius 1 is 1.38 bits per heavy atom. The van der Waals surface area contributed by atoms with Crippen LogP contribution in [-0.4, -0.2) is 42.3 Å². The topological polar surface area (TPSA) is 82.9 Å². The first-order valence-electron chi connectivity index (χ1n) is 8.64. The molecule has 0 N–H and O–H groups in total. The molecular formula is C18H20FN3O4. The number of hydrogen-bond donors (Lipinski definition) is 0. The van der Waals surface area contributed by atoms with Crippen molar-refractivity contribution in [2.45, 2.75) is 45.4 Å². The molecule has 0 aliphatic carbocycles. The van der Waals surface area contributed by atoms with E-state index < -0.39 is 30.1 Å². The van der Waals surface area contributed by atoms with Crippen molar-refractivity contribution in [2.24, 2.45) is 0 Å². The first-order chi connectivity index (χ1) is 12.5. The summed E-state index contributed by atoms with van der Waals surface area (Å²) in [6.07, 6.45) is 1.58. The number of nitriles is 1. The molecule has 3 rings (SSSR count). The summed E-state index contributed by atoms with van der Waals surface area (Å²) in [5.41, 5.74) is -0.235. The molecule has 0 saturated carbocycles. The molecule has 0 radical (unpaired) electrons. The van der Waals surface area contributed by atoms with Gasteiger partial charge in [0.05, 0.1) is 11.3 Å². The Hall–Kier alpha value is -2.66. The Labute approximate surface area is 150 Å².